The van der Waals surface area contributed by atoms with E-state index in [9.17, 15) is 4.79 Å². The summed E-state index contributed by atoms with van der Waals surface area (Å²) >= 11 is 0. The summed E-state index contributed by atoms with van der Waals surface area (Å²) in [6.07, 6.45) is 3.49. The Bertz CT molecular complexity index is 659. The Labute approximate surface area is 151 Å². The van der Waals surface area contributed by atoms with E-state index >= 15 is 0 Å². The van der Waals surface area contributed by atoms with Crippen molar-refractivity contribution in [3.8, 4) is 5.75 Å². The van der Waals surface area contributed by atoms with Crippen LogP contribution in [0.5, 0.6) is 5.75 Å². The van der Waals surface area contributed by atoms with Gasteiger partial charge in [0.1, 0.15) is 5.75 Å². The molecule has 2 aromatic rings. The van der Waals surface area contributed by atoms with Gasteiger partial charge in [-0.15, -0.1) is 0 Å². The molecule has 0 aliphatic carbocycles. The van der Waals surface area contributed by atoms with E-state index in [0.29, 0.717) is 17.2 Å². The predicted octanol–water partition coefficient (Wildman–Crippen LogP) is 5.91. The molecule has 0 amide bonds. The SMILES string of the molecule is CCCC(CC)c1ccc(OC(=O)c2ccc(C(C)OC)cc2)cc1. The maximum atomic E-state index is 12.3. The minimum absolute atomic E-state index is 0.00671. The lowest BCUT2D eigenvalue weighted by Crippen LogP contribution is -2.09. The van der Waals surface area contributed by atoms with Crippen LogP contribution in [0.4, 0.5) is 0 Å². The van der Waals surface area contributed by atoms with Gasteiger partial charge in [-0.2, -0.15) is 0 Å². The number of benzene rings is 2. The van der Waals surface area contributed by atoms with Crippen molar-refractivity contribution < 1.29 is 14.3 Å². The molecule has 0 saturated heterocycles. The smallest absolute Gasteiger partial charge is 0.343 e. The van der Waals surface area contributed by atoms with Crippen molar-refractivity contribution >= 4 is 5.97 Å². The number of carbonyl (C=O) groups is 1. The number of hydrogen-bond acceptors (Lipinski definition) is 3. The minimum Gasteiger partial charge on any atom is -0.423 e. The summed E-state index contributed by atoms with van der Waals surface area (Å²) in [5, 5.41) is 0. The molecule has 134 valence electrons. The van der Waals surface area contributed by atoms with Crippen LogP contribution in [0.15, 0.2) is 48.5 Å². The van der Waals surface area contributed by atoms with Crippen LogP contribution in [0, 0.1) is 0 Å². The second kappa shape index (κ2) is 9.38. The number of methoxy groups -OCH3 is 1. The summed E-state index contributed by atoms with van der Waals surface area (Å²) in [7, 11) is 1.67. The fourth-order valence-electron chi connectivity index (χ4n) is 2.96. The van der Waals surface area contributed by atoms with Crippen molar-refractivity contribution in [3.63, 3.8) is 0 Å². The first-order chi connectivity index (χ1) is 12.1. The maximum Gasteiger partial charge on any atom is 0.343 e. The molecule has 0 aromatic heterocycles. The van der Waals surface area contributed by atoms with Crippen molar-refractivity contribution in [3.05, 3.63) is 65.2 Å². The van der Waals surface area contributed by atoms with Crippen molar-refractivity contribution in [1.82, 2.24) is 0 Å². The van der Waals surface area contributed by atoms with E-state index < -0.39 is 0 Å². The summed E-state index contributed by atoms with van der Waals surface area (Å²) in [5.41, 5.74) is 2.88. The first-order valence-electron chi connectivity index (χ1n) is 9.03. The lowest BCUT2D eigenvalue weighted by Gasteiger charge is -2.14. The van der Waals surface area contributed by atoms with Gasteiger partial charge in [0.05, 0.1) is 11.7 Å². The molecule has 25 heavy (non-hydrogen) atoms. The highest BCUT2D eigenvalue weighted by Crippen LogP contribution is 2.26. The lowest BCUT2D eigenvalue weighted by molar-refractivity contribution is 0.0734. The van der Waals surface area contributed by atoms with E-state index in [-0.39, 0.29) is 12.1 Å². The second-order valence-corrected chi connectivity index (χ2v) is 6.35. The van der Waals surface area contributed by atoms with Gasteiger partial charge in [0.2, 0.25) is 0 Å². The van der Waals surface area contributed by atoms with Crippen LogP contribution in [0.3, 0.4) is 0 Å². The zero-order chi connectivity index (χ0) is 18.2. The maximum absolute atomic E-state index is 12.3. The van der Waals surface area contributed by atoms with E-state index in [2.05, 4.69) is 26.0 Å². The average molecular weight is 340 g/mol. The van der Waals surface area contributed by atoms with Gasteiger partial charge in [0, 0.05) is 7.11 Å². The van der Waals surface area contributed by atoms with Crippen LogP contribution in [0.1, 0.15) is 73.5 Å². The molecule has 2 unspecified atom stereocenters. The largest absolute Gasteiger partial charge is 0.423 e. The third-order valence-electron chi connectivity index (χ3n) is 4.66. The summed E-state index contributed by atoms with van der Waals surface area (Å²) in [6.45, 7) is 6.39. The molecule has 3 heteroatoms. The molecule has 2 aromatic carbocycles. The van der Waals surface area contributed by atoms with E-state index in [1.807, 2.05) is 31.2 Å². The van der Waals surface area contributed by atoms with Crippen molar-refractivity contribution in [1.29, 1.82) is 0 Å². The van der Waals surface area contributed by atoms with Gasteiger partial charge in [-0.05, 0) is 61.1 Å². The summed E-state index contributed by atoms with van der Waals surface area (Å²) in [5.74, 6) is 0.810. The van der Waals surface area contributed by atoms with Crippen molar-refractivity contribution in [2.75, 3.05) is 7.11 Å². The van der Waals surface area contributed by atoms with Gasteiger partial charge < -0.3 is 9.47 Å². The Balaban J connectivity index is 2.02. The highest BCUT2D eigenvalue weighted by atomic mass is 16.5. The molecule has 3 nitrogen and oxygen atoms in total. The van der Waals surface area contributed by atoms with Crippen molar-refractivity contribution in [2.45, 2.75) is 52.1 Å². The number of hydrogen-bond donors (Lipinski definition) is 0. The Morgan fingerprint density at radius 3 is 2.08 bits per heavy atom. The monoisotopic (exact) mass is 340 g/mol. The van der Waals surface area contributed by atoms with Crippen LogP contribution >= 0.6 is 0 Å². The Morgan fingerprint density at radius 1 is 0.960 bits per heavy atom. The Kier molecular flexibility index (Phi) is 7.20. The van der Waals surface area contributed by atoms with Crippen LogP contribution in [-0.4, -0.2) is 13.1 Å². The molecule has 0 spiro atoms. The second-order valence-electron chi connectivity index (χ2n) is 6.35. The van der Waals surface area contributed by atoms with Crippen molar-refractivity contribution in [2.24, 2.45) is 0 Å². The normalized spacial score (nSPS) is 13.3. The first-order valence-corrected chi connectivity index (χ1v) is 9.03. The lowest BCUT2D eigenvalue weighted by atomic mass is 9.92. The highest BCUT2D eigenvalue weighted by Gasteiger charge is 2.12. The number of esters is 1. The van der Waals surface area contributed by atoms with E-state index in [1.54, 1.807) is 19.2 Å². The van der Waals surface area contributed by atoms with Gasteiger partial charge in [-0.25, -0.2) is 4.79 Å². The third kappa shape index (κ3) is 5.17. The molecule has 0 fully saturated rings. The van der Waals surface area contributed by atoms with E-state index in [0.717, 1.165) is 12.0 Å². The molecule has 0 saturated carbocycles. The average Bonchev–Trinajstić information content (AvgIpc) is 2.66. The minimum atomic E-state index is -0.343. The number of rotatable bonds is 8. The fraction of sp³-hybridized carbons (Fsp3) is 0.409. The molecular weight excluding hydrogens is 312 g/mol. The Hall–Kier alpha value is -2.13. The van der Waals surface area contributed by atoms with Crippen LogP contribution < -0.4 is 4.74 Å². The van der Waals surface area contributed by atoms with Gasteiger partial charge in [0.25, 0.3) is 0 Å². The predicted molar refractivity (Wildman–Crippen MR) is 101 cm³/mol. The van der Waals surface area contributed by atoms with Gasteiger partial charge in [-0.3, -0.25) is 0 Å². The molecular formula is C22H28O3. The molecule has 0 N–H and O–H groups in total. The first kappa shape index (κ1) is 19.2. The summed E-state index contributed by atoms with van der Waals surface area (Å²) in [4.78, 5) is 12.3. The molecule has 0 heterocycles. The molecule has 0 bridgehead atoms. The standard InChI is InChI=1S/C22H28O3/c1-5-7-17(6-2)19-12-14-21(15-13-19)25-22(23)20-10-8-18(9-11-20)16(3)24-4/h8-17H,5-7H2,1-4H3. The topological polar surface area (TPSA) is 35.5 Å². The molecule has 2 atom stereocenters. The highest BCUT2D eigenvalue weighted by molar-refractivity contribution is 5.91. The quantitative estimate of drug-likeness (QED) is 0.443. The summed E-state index contributed by atoms with van der Waals surface area (Å²) in [6, 6.07) is 15.2. The number of carbonyl (C=O) groups excluding carboxylic acids is 1. The molecule has 0 aliphatic heterocycles. The molecule has 0 aliphatic rings. The van der Waals surface area contributed by atoms with Gasteiger partial charge >= 0.3 is 5.97 Å². The zero-order valence-corrected chi connectivity index (χ0v) is 15.6. The molecule has 0 radical (unpaired) electrons. The van der Waals surface area contributed by atoms with Crippen LogP contribution in [0.2, 0.25) is 0 Å². The Morgan fingerprint density at radius 2 is 1.56 bits per heavy atom. The zero-order valence-electron chi connectivity index (χ0n) is 15.6. The van der Waals surface area contributed by atoms with E-state index in [4.69, 9.17) is 9.47 Å². The van der Waals surface area contributed by atoms with Gasteiger partial charge in [-0.1, -0.05) is 44.5 Å². The third-order valence-corrected chi connectivity index (χ3v) is 4.66. The fourth-order valence-corrected chi connectivity index (χ4v) is 2.96. The molecule has 2 rings (SSSR count). The van der Waals surface area contributed by atoms with E-state index in [1.165, 1.54) is 18.4 Å². The summed E-state index contributed by atoms with van der Waals surface area (Å²) < 4.78 is 10.8. The van der Waals surface area contributed by atoms with Crippen LogP contribution in [0.25, 0.3) is 0 Å². The van der Waals surface area contributed by atoms with Crippen LogP contribution in [-0.2, 0) is 4.74 Å². The number of ether oxygens (including phenoxy) is 2. The van der Waals surface area contributed by atoms with Gasteiger partial charge in [0.15, 0.2) is 0 Å².